The van der Waals surface area contributed by atoms with Gasteiger partial charge >= 0.3 is 0 Å². The Labute approximate surface area is 91.2 Å². The lowest BCUT2D eigenvalue weighted by atomic mass is 10.2. The molecule has 1 rings (SSSR count). The fraction of sp³-hybridized carbons (Fsp3) is 0.385. The summed E-state index contributed by atoms with van der Waals surface area (Å²) in [5.41, 5.74) is 1.18. The zero-order valence-electron chi connectivity index (χ0n) is 9.15. The van der Waals surface area contributed by atoms with Gasteiger partial charge in [0.05, 0.1) is 6.61 Å². The number of hydrogen-bond donors (Lipinski definition) is 1. The minimum atomic E-state index is 0.240. The first-order valence-corrected chi connectivity index (χ1v) is 5.33. The van der Waals surface area contributed by atoms with Gasteiger partial charge in [-0.1, -0.05) is 24.3 Å². The van der Waals surface area contributed by atoms with Gasteiger partial charge in [0.15, 0.2) is 0 Å². The monoisotopic (exact) mass is 206 g/mol. The van der Waals surface area contributed by atoms with Crippen molar-refractivity contribution in [2.24, 2.45) is 0 Å². The molecule has 0 aliphatic carbocycles. The van der Waals surface area contributed by atoms with E-state index >= 15 is 0 Å². The van der Waals surface area contributed by atoms with Gasteiger partial charge in [-0.15, -0.1) is 0 Å². The van der Waals surface area contributed by atoms with Gasteiger partial charge < -0.3 is 9.84 Å². The third-order valence-corrected chi connectivity index (χ3v) is 2.06. The van der Waals surface area contributed by atoms with E-state index in [1.165, 1.54) is 5.56 Å². The highest BCUT2D eigenvalue weighted by molar-refractivity contribution is 5.50. The molecule has 0 radical (unpaired) electrons. The second kappa shape index (κ2) is 7.07. The predicted octanol–water partition coefficient (Wildman–Crippen LogP) is 2.87. The van der Waals surface area contributed by atoms with Crippen LogP contribution in [0.1, 0.15) is 25.3 Å². The molecule has 0 unspecified atom stereocenters. The summed E-state index contributed by atoms with van der Waals surface area (Å²) in [7, 11) is 0. The first-order valence-electron chi connectivity index (χ1n) is 5.33. The topological polar surface area (TPSA) is 29.5 Å². The van der Waals surface area contributed by atoms with E-state index in [1.807, 2.05) is 37.3 Å². The SMILES string of the molecule is CC=Cc1ccc(OCCCCO)cc1. The van der Waals surface area contributed by atoms with E-state index in [1.54, 1.807) is 0 Å². The van der Waals surface area contributed by atoms with Crippen molar-refractivity contribution in [2.75, 3.05) is 13.2 Å². The van der Waals surface area contributed by atoms with Gasteiger partial charge in [-0.3, -0.25) is 0 Å². The lowest BCUT2D eigenvalue weighted by molar-refractivity contribution is 0.253. The van der Waals surface area contributed by atoms with Gasteiger partial charge in [-0.25, -0.2) is 0 Å². The molecule has 0 saturated carbocycles. The summed E-state index contributed by atoms with van der Waals surface area (Å²) in [4.78, 5) is 0. The third kappa shape index (κ3) is 4.66. The number of hydrogen-bond acceptors (Lipinski definition) is 2. The molecule has 0 fully saturated rings. The zero-order chi connectivity index (χ0) is 10.9. The Morgan fingerprint density at radius 2 is 1.93 bits per heavy atom. The Kier molecular flexibility index (Phi) is 5.56. The van der Waals surface area contributed by atoms with E-state index in [4.69, 9.17) is 9.84 Å². The van der Waals surface area contributed by atoms with Crippen molar-refractivity contribution >= 4 is 6.08 Å². The van der Waals surface area contributed by atoms with Gasteiger partial charge in [0.25, 0.3) is 0 Å². The van der Waals surface area contributed by atoms with Crippen molar-refractivity contribution in [3.8, 4) is 5.75 Å². The lowest BCUT2D eigenvalue weighted by Crippen LogP contribution is -1.98. The maximum atomic E-state index is 8.60. The zero-order valence-corrected chi connectivity index (χ0v) is 9.15. The van der Waals surface area contributed by atoms with Crippen LogP contribution < -0.4 is 4.74 Å². The van der Waals surface area contributed by atoms with Crippen molar-refractivity contribution in [3.63, 3.8) is 0 Å². The van der Waals surface area contributed by atoms with Crippen LogP contribution in [0.15, 0.2) is 30.3 Å². The van der Waals surface area contributed by atoms with Crippen molar-refractivity contribution in [1.29, 1.82) is 0 Å². The second-order valence-electron chi connectivity index (χ2n) is 3.35. The molecule has 0 aromatic heterocycles. The molecule has 0 atom stereocenters. The molecule has 15 heavy (non-hydrogen) atoms. The average Bonchev–Trinajstić information content (AvgIpc) is 2.27. The van der Waals surface area contributed by atoms with E-state index in [2.05, 4.69) is 6.08 Å². The Morgan fingerprint density at radius 1 is 1.20 bits per heavy atom. The molecule has 0 saturated heterocycles. The lowest BCUT2D eigenvalue weighted by Gasteiger charge is -2.05. The highest BCUT2D eigenvalue weighted by Crippen LogP contribution is 2.13. The summed E-state index contributed by atoms with van der Waals surface area (Å²) in [6.07, 6.45) is 5.76. The van der Waals surface area contributed by atoms with Crippen LogP contribution in [-0.4, -0.2) is 18.3 Å². The molecule has 0 bridgehead atoms. The molecular weight excluding hydrogens is 188 g/mol. The fourth-order valence-corrected chi connectivity index (χ4v) is 1.27. The molecule has 0 aliphatic heterocycles. The van der Waals surface area contributed by atoms with Gasteiger partial charge in [0.2, 0.25) is 0 Å². The summed E-state index contributed by atoms with van der Waals surface area (Å²) in [6, 6.07) is 7.99. The average molecular weight is 206 g/mol. The smallest absolute Gasteiger partial charge is 0.119 e. The molecule has 0 amide bonds. The van der Waals surface area contributed by atoms with E-state index in [0.29, 0.717) is 6.61 Å². The quantitative estimate of drug-likeness (QED) is 0.725. The van der Waals surface area contributed by atoms with Crippen molar-refractivity contribution in [1.82, 2.24) is 0 Å². The van der Waals surface area contributed by atoms with Gasteiger partial charge in [-0.2, -0.15) is 0 Å². The first kappa shape index (κ1) is 11.8. The van der Waals surface area contributed by atoms with Crippen LogP contribution in [0.25, 0.3) is 6.08 Å². The van der Waals surface area contributed by atoms with Crippen LogP contribution in [-0.2, 0) is 0 Å². The third-order valence-electron chi connectivity index (χ3n) is 2.06. The largest absolute Gasteiger partial charge is 0.494 e. The van der Waals surface area contributed by atoms with Crippen LogP contribution in [0.4, 0.5) is 0 Å². The number of rotatable bonds is 6. The second-order valence-corrected chi connectivity index (χ2v) is 3.35. The maximum absolute atomic E-state index is 8.60. The number of ether oxygens (including phenoxy) is 1. The summed E-state index contributed by atoms with van der Waals surface area (Å²) in [6.45, 7) is 2.91. The number of benzene rings is 1. The molecule has 2 heteroatoms. The summed E-state index contributed by atoms with van der Waals surface area (Å²) in [5, 5.41) is 8.60. The molecular formula is C13H18O2. The molecule has 0 heterocycles. The molecule has 82 valence electrons. The number of aliphatic hydroxyl groups excluding tert-OH is 1. The molecule has 1 N–H and O–H groups in total. The van der Waals surface area contributed by atoms with Crippen molar-refractivity contribution in [2.45, 2.75) is 19.8 Å². The first-order chi connectivity index (χ1) is 7.36. The van der Waals surface area contributed by atoms with Crippen LogP contribution in [0, 0.1) is 0 Å². The highest BCUT2D eigenvalue weighted by atomic mass is 16.5. The molecule has 0 aliphatic rings. The van der Waals surface area contributed by atoms with Crippen LogP contribution in [0.2, 0.25) is 0 Å². The summed E-state index contributed by atoms with van der Waals surface area (Å²) in [5.74, 6) is 0.890. The van der Waals surface area contributed by atoms with Crippen LogP contribution in [0.3, 0.4) is 0 Å². The maximum Gasteiger partial charge on any atom is 0.119 e. The number of aliphatic hydroxyl groups is 1. The van der Waals surface area contributed by atoms with E-state index < -0.39 is 0 Å². The molecule has 0 spiro atoms. The Bertz CT molecular complexity index is 288. The minimum Gasteiger partial charge on any atom is -0.494 e. The van der Waals surface area contributed by atoms with Gasteiger partial charge in [0.1, 0.15) is 5.75 Å². The van der Waals surface area contributed by atoms with E-state index in [-0.39, 0.29) is 6.61 Å². The number of unbranched alkanes of at least 4 members (excludes halogenated alkanes) is 1. The standard InChI is InChI=1S/C13H18O2/c1-2-5-12-6-8-13(9-7-12)15-11-4-3-10-14/h2,5-9,14H,3-4,10-11H2,1H3. The minimum absolute atomic E-state index is 0.240. The molecule has 2 nitrogen and oxygen atoms in total. The molecule has 1 aromatic rings. The Balaban J connectivity index is 2.36. The number of allylic oxidation sites excluding steroid dienone is 1. The van der Waals surface area contributed by atoms with Gasteiger partial charge in [0, 0.05) is 6.61 Å². The van der Waals surface area contributed by atoms with Crippen molar-refractivity contribution < 1.29 is 9.84 Å². The Hall–Kier alpha value is -1.28. The predicted molar refractivity (Wildman–Crippen MR) is 63.0 cm³/mol. The Morgan fingerprint density at radius 3 is 2.53 bits per heavy atom. The highest BCUT2D eigenvalue weighted by Gasteiger charge is 1.93. The molecule has 1 aromatic carbocycles. The fourth-order valence-electron chi connectivity index (χ4n) is 1.27. The van der Waals surface area contributed by atoms with E-state index in [9.17, 15) is 0 Å². The summed E-state index contributed by atoms with van der Waals surface area (Å²) < 4.78 is 5.51. The van der Waals surface area contributed by atoms with Gasteiger partial charge in [-0.05, 0) is 37.5 Å². The van der Waals surface area contributed by atoms with Crippen molar-refractivity contribution in [3.05, 3.63) is 35.9 Å². The van der Waals surface area contributed by atoms with E-state index in [0.717, 1.165) is 18.6 Å². The van der Waals surface area contributed by atoms with Crippen LogP contribution in [0.5, 0.6) is 5.75 Å². The summed E-state index contributed by atoms with van der Waals surface area (Å²) >= 11 is 0. The van der Waals surface area contributed by atoms with Crippen LogP contribution >= 0.6 is 0 Å². The normalized spacial score (nSPS) is 10.8.